The number of rotatable bonds is 6. The molecule has 6 nitrogen and oxygen atoms in total. The number of carbonyl (C=O) groups excluding carboxylic acids is 1. The summed E-state index contributed by atoms with van der Waals surface area (Å²) in [6.45, 7) is 2.97. The first kappa shape index (κ1) is 17.5. The molecule has 1 heterocycles. The molecule has 0 spiro atoms. The topological polar surface area (TPSA) is 91.4 Å². The Labute approximate surface area is 150 Å². The smallest absolute Gasteiger partial charge is 0.347 e. The minimum atomic E-state index is -1.31. The summed E-state index contributed by atoms with van der Waals surface area (Å²) in [5.74, 6) is -0.723. The first-order valence-electron chi connectivity index (χ1n) is 8.22. The van der Waals surface area contributed by atoms with E-state index in [1.807, 2.05) is 30.5 Å². The van der Waals surface area contributed by atoms with Crippen molar-refractivity contribution in [2.24, 2.45) is 0 Å². The minimum Gasteiger partial charge on any atom is -0.478 e. The van der Waals surface area contributed by atoms with Crippen LogP contribution in [0.15, 0.2) is 54.7 Å². The molecule has 0 unspecified atom stereocenters. The number of aliphatic carboxylic acids is 1. The molecule has 1 amide bonds. The lowest BCUT2D eigenvalue weighted by Crippen LogP contribution is -2.37. The SMILES string of the molecule is CC(C)(Oc1ccc(CC(=O)Nc2ccc3[nH]ccc3c2)cc1)C(=O)O. The lowest BCUT2D eigenvalue weighted by atomic mass is 10.1. The van der Waals surface area contributed by atoms with Gasteiger partial charge in [-0.05, 0) is 55.8 Å². The molecule has 1 aromatic heterocycles. The van der Waals surface area contributed by atoms with Gasteiger partial charge in [-0.25, -0.2) is 4.79 Å². The van der Waals surface area contributed by atoms with Crippen LogP contribution in [0.5, 0.6) is 5.75 Å². The Bertz CT molecular complexity index is 942. The normalized spacial score (nSPS) is 11.3. The molecule has 3 aromatic rings. The number of hydrogen-bond acceptors (Lipinski definition) is 3. The number of fused-ring (bicyclic) bond motifs is 1. The van der Waals surface area contributed by atoms with E-state index in [-0.39, 0.29) is 12.3 Å². The molecule has 0 atom stereocenters. The second kappa shape index (κ2) is 6.92. The van der Waals surface area contributed by atoms with Crippen molar-refractivity contribution >= 4 is 28.5 Å². The van der Waals surface area contributed by atoms with E-state index < -0.39 is 11.6 Å². The molecule has 6 heteroatoms. The number of carboxylic acid groups (broad SMARTS) is 1. The van der Waals surface area contributed by atoms with Crippen LogP contribution in [0.1, 0.15) is 19.4 Å². The van der Waals surface area contributed by atoms with Crippen LogP contribution in [0.25, 0.3) is 10.9 Å². The fourth-order valence-corrected chi connectivity index (χ4v) is 2.54. The molecular formula is C20H20N2O4. The van der Waals surface area contributed by atoms with Crippen molar-refractivity contribution in [3.8, 4) is 5.75 Å². The number of benzene rings is 2. The van der Waals surface area contributed by atoms with Crippen LogP contribution in [0.4, 0.5) is 5.69 Å². The van der Waals surface area contributed by atoms with Gasteiger partial charge in [0.25, 0.3) is 0 Å². The molecule has 0 radical (unpaired) electrons. The summed E-state index contributed by atoms with van der Waals surface area (Å²) in [7, 11) is 0. The molecule has 3 rings (SSSR count). The van der Waals surface area contributed by atoms with E-state index in [0.717, 1.165) is 22.2 Å². The molecule has 0 aliphatic carbocycles. The van der Waals surface area contributed by atoms with E-state index in [1.165, 1.54) is 13.8 Å². The lowest BCUT2D eigenvalue weighted by Gasteiger charge is -2.21. The summed E-state index contributed by atoms with van der Waals surface area (Å²) in [6, 6.07) is 14.5. The van der Waals surface area contributed by atoms with Crippen molar-refractivity contribution < 1.29 is 19.4 Å². The largest absolute Gasteiger partial charge is 0.478 e. The number of carbonyl (C=O) groups is 2. The van der Waals surface area contributed by atoms with Gasteiger partial charge in [-0.1, -0.05) is 12.1 Å². The first-order chi connectivity index (χ1) is 12.3. The quantitative estimate of drug-likeness (QED) is 0.632. The Morgan fingerprint density at radius 3 is 2.54 bits per heavy atom. The summed E-state index contributed by atoms with van der Waals surface area (Å²) in [5, 5.41) is 13.0. The molecule has 134 valence electrons. The van der Waals surface area contributed by atoms with Crippen LogP contribution < -0.4 is 10.1 Å². The summed E-state index contributed by atoms with van der Waals surface area (Å²) in [6.07, 6.45) is 2.07. The van der Waals surface area contributed by atoms with Gasteiger partial charge in [0.15, 0.2) is 5.60 Å². The van der Waals surface area contributed by atoms with Crippen LogP contribution >= 0.6 is 0 Å². The number of hydrogen-bond donors (Lipinski definition) is 3. The van der Waals surface area contributed by atoms with Crippen molar-refractivity contribution in [3.05, 3.63) is 60.3 Å². The van der Waals surface area contributed by atoms with Gasteiger partial charge in [-0.3, -0.25) is 4.79 Å². The maximum absolute atomic E-state index is 12.2. The molecule has 0 bridgehead atoms. The molecular weight excluding hydrogens is 332 g/mol. The van der Waals surface area contributed by atoms with Crippen molar-refractivity contribution in [3.63, 3.8) is 0 Å². The molecule has 3 N–H and O–H groups in total. The Hall–Kier alpha value is -3.28. The first-order valence-corrected chi connectivity index (χ1v) is 8.22. The van der Waals surface area contributed by atoms with Crippen LogP contribution in [0.3, 0.4) is 0 Å². The van der Waals surface area contributed by atoms with Crippen molar-refractivity contribution in [1.29, 1.82) is 0 Å². The molecule has 0 saturated carbocycles. The molecule has 2 aromatic carbocycles. The van der Waals surface area contributed by atoms with E-state index in [1.54, 1.807) is 24.3 Å². The Morgan fingerprint density at radius 1 is 1.12 bits per heavy atom. The average Bonchev–Trinajstić information content (AvgIpc) is 3.04. The predicted molar refractivity (Wildman–Crippen MR) is 99.4 cm³/mol. The maximum atomic E-state index is 12.2. The van der Waals surface area contributed by atoms with Gasteiger partial charge in [0, 0.05) is 22.8 Å². The summed E-state index contributed by atoms with van der Waals surface area (Å²) in [5.41, 5.74) is 1.26. The van der Waals surface area contributed by atoms with Crippen LogP contribution in [-0.2, 0) is 16.0 Å². The zero-order valence-electron chi connectivity index (χ0n) is 14.6. The van der Waals surface area contributed by atoms with Gasteiger partial charge in [0.2, 0.25) is 5.91 Å². The lowest BCUT2D eigenvalue weighted by molar-refractivity contribution is -0.152. The number of nitrogens with one attached hydrogen (secondary N) is 2. The third kappa shape index (κ3) is 4.03. The molecule has 26 heavy (non-hydrogen) atoms. The second-order valence-corrected chi connectivity index (χ2v) is 6.57. The number of amides is 1. The summed E-state index contributed by atoms with van der Waals surface area (Å²) in [4.78, 5) is 26.4. The van der Waals surface area contributed by atoms with Gasteiger partial charge in [-0.2, -0.15) is 0 Å². The maximum Gasteiger partial charge on any atom is 0.347 e. The monoisotopic (exact) mass is 352 g/mol. The summed E-state index contributed by atoms with van der Waals surface area (Å²) < 4.78 is 5.45. The highest BCUT2D eigenvalue weighted by Gasteiger charge is 2.29. The number of H-pyrrole nitrogens is 1. The van der Waals surface area contributed by atoms with E-state index in [9.17, 15) is 9.59 Å². The third-order valence-electron chi connectivity index (χ3n) is 4.01. The van der Waals surface area contributed by atoms with E-state index in [0.29, 0.717) is 5.75 Å². The fourth-order valence-electron chi connectivity index (χ4n) is 2.54. The van der Waals surface area contributed by atoms with Crippen molar-refractivity contribution in [1.82, 2.24) is 4.98 Å². The molecule has 0 aliphatic rings. The second-order valence-electron chi connectivity index (χ2n) is 6.57. The van der Waals surface area contributed by atoms with E-state index in [4.69, 9.17) is 9.84 Å². The predicted octanol–water partition coefficient (Wildman–Crippen LogP) is 3.59. The Balaban J connectivity index is 1.61. The number of anilines is 1. The van der Waals surface area contributed by atoms with Crippen LogP contribution in [0, 0.1) is 0 Å². The minimum absolute atomic E-state index is 0.126. The van der Waals surface area contributed by atoms with E-state index in [2.05, 4.69) is 10.3 Å². The zero-order valence-corrected chi connectivity index (χ0v) is 14.6. The van der Waals surface area contributed by atoms with Gasteiger partial charge in [0.05, 0.1) is 6.42 Å². The van der Waals surface area contributed by atoms with Crippen LogP contribution in [-0.4, -0.2) is 27.6 Å². The molecule has 0 aliphatic heterocycles. The molecule has 0 fully saturated rings. The Kier molecular flexibility index (Phi) is 4.67. The standard InChI is InChI=1S/C20H20N2O4/c1-20(2,19(24)25)26-16-6-3-13(4-7-16)11-18(23)22-15-5-8-17-14(12-15)9-10-21-17/h3-10,12,21H,11H2,1-2H3,(H,22,23)(H,24,25). The highest BCUT2D eigenvalue weighted by molar-refractivity contribution is 5.94. The van der Waals surface area contributed by atoms with Crippen molar-refractivity contribution in [2.45, 2.75) is 25.9 Å². The van der Waals surface area contributed by atoms with Gasteiger partial charge in [0.1, 0.15) is 5.75 Å². The zero-order chi connectivity index (χ0) is 18.7. The van der Waals surface area contributed by atoms with E-state index >= 15 is 0 Å². The number of carboxylic acids is 1. The Morgan fingerprint density at radius 2 is 1.85 bits per heavy atom. The fraction of sp³-hybridized carbons (Fsp3) is 0.200. The highest BCUT2D eigenvalue weighted by atomic mass is 16.5. The summed E-state index contributed by atoms with van der Waals surface area (Å²) >= 11 is 0. The molecule has 0 saturated heterocycles. The highest BCUT2D eigenvalue weighted by Crippen LogP contribution is 2.20. The van der Waals surface area contributed by atoms with Crippen molar-refractivity contribution in [2.75, 3.05) is 5.32 Å². The van der Waals surface area contributed by atoms with Gasteiger partial charge < -0.3 is 20.1 Å². The number of aromatic nitrogens is 1. The van der Waals surface area contributed by atoms with Gasteiger partial charge in [-0.15, -0.1) is 0 Å². The van der Waals surface area contributed by atoms with Gasteiger partial charge >= 0.3 is 5.97 Å². The van der Waals surface area contributed by atoms with Crippen LogP contribution in [0.2, 0.25) is 0 Å². The third-order valence-corrected chi connectivity index (χ3v) is 4.01. The number of ether oxygens (including phenoxy) is 1. The number of aromatic amines is 1. The average molecular weight is 352 g/mol.